The van der Waals surface area contributed by atoms with E-state index in [1.54, 1.807) is 25.0 Å². The number of rotatable bonds is 9. The topological polar surface area (TPSA) is 58.6 Å². The molecule has 6 heteroatoms. The third-order valence-corrected chi connectivity index (χ3v) is 5.16. The van der Waals surface area contributed by atoms with E-state index in [4.69, 9.17) is 16.3 Å². The molecule has 0 fully saturated rings. The highest BCUT2D eigenvalue weighted by Gasteiger charge is 2.26. The van der Waals surface area contributed by atoms with Gasteiger partial charge in [0.2, 0.25) is 11.8 Å². The van der Waals surface area contributed by atoms with E-state index >= 15 is 0 Å². The van der Waals surface area contributed by atoms with E-state index in [-0.39, 0.29) is 24.3 Å². The van der Waals surface area contributed by atoms with Gasteiger partial charge in [0.15, 0.2) is 0 Å². The smallest absolute Gasteiger partial charge is 0.242 e. The minimum atomic E-state index is -0.603. The molecule has 2 aromatic rings. The van der Waals surface area contributed by atoms with Gasteiger partial charge in [-0.05, 0) is 55.7 Å². The summed E-state index contributed by atoms with van der Waals surface area (Å²) in [6.45, 7) is 6.03. The Labute approximate surface area is 178 Å². The molecule has 0 saturated carbocycles. The fourth-order valence-corrected chi connectivity index (χ4v) is 3.11. The van der Waals surface area contributed by atoms with Crippen molar-refractivity contribution in [1.82, 2.24) is 10.2 Å². The molecule has 0 saturated heterocycles. The maximum atomic E-state index is 13.1. The van der Waals surface area contributed by atoms with Gasteiger partial charge in [-0.25, -0.2) is 0 Å². The molecule has 1 N–H and O–H groups in total. The van der Waals surface area contributed by atoms with Gasteiger partial charge < -0.3 is 15.0 Å². The highest BCUT2D eigenvalue weighted by molar-refractivity contribution is 6.30. The number of benzene rings is 2. The van der Waals surface area contributed by atoms with Crippen LogP contribution in [0.2, 0.25) is 5.02 Å². The second-order valence-corrected chi connectivity index (χ2v) is 7.61. The van der Waals surface area contributed by atoms with Crippen LogP contribution in [0.15, 0.2) is 48.5 Å². The molecule has 0 bridgehead atoms. The highest BCUT2D eigenvalue weighted by Crippen LogP contribution is 2.17. The molecule has 0 heterocycles. The normalized spacial score (nSPS) is 12.7. The van der Waals surface area contributed by atoms with Crippen LogP contribution in [0, 0.1) is 0 Å². The van der Waals surface area contributed by atoms with Gasteiger partial charge in [-0.15, -0.1) is 0 Å². The Morgan fingerprint density at radius 2 is 1.79 bits per heavy atom. The van der Waals surface area contributed by atoms with Gasteiger partial charge in [0.25, 0.3) is 0 Å². The summed E-state index contributed by atoms with van der Waals surface area (Å²) in [7, 11) is 1.60. The van der Waals surface area contributed by atoms with Crippen LogP contribution in [0.1, 0.15) is 38.3 Å². The molecule has 156 valence electrons. The zero-order valence-corrected chi connectivity index (χ0v) is 18.2. The summed E-state index contributed by atoms with van der Waals surface area (Å²) in [4.78, 5) is 27.4. The van der Waals surface area contributed by atoms with E-state index in [0.29, 0.717) is 11.6 Å². The Hall–Kier alpha value is -2.53. The Morgan fingerprint density at radius 1 is 1.10 bits per heavy atom. The molecule has 2 amide bonds. The first-order valence-electron chi connectivity index (χ1n) is 9.81. The van der Waals surface area contributed by atoms with Gasteiger partial charge in [-0.2, -0.15) is 0 Å². The molecular formula is C23H29ClN2O3. The number of hydrogen-bond acceptors (Lipinski definition) is 3. The summed E-state index contributed by atoms with van der Waals surface area (Å²) < 4.78 is 5.17. The summed E-state index contributed by atoms with van der Waals surface area (Å²) in [5.74, 6) is 0.449. The molecule has 0 radical (unpaired) electrons. The molecular weight excluding hydrogens is 388 g/mol. The first kappa shape index (κ1) is 22.8. The third kappa shape index (κ3) is 6.79. The van der Waals surface area contributed by atoms with E-state index in [9.17, 15) is 9.59 Å². The summed E-state index contributed by atoms with van der Waals surface area (Å²) in [5.41, 5.74) is 1.74. The second-order valence-electron chi connectivity index (χ2n) is 7.17. The SMILES string of the molecule is CC[C@H](C)NC(=O)[C@@H](C)N(Cc1cccc(Cl)c1)C(=O)Cc1ccc(OC)cc1. The molecule has 29 heavy (non-hydrogen) atoms. The average molecular weight is 417 g/mol. The highest BCUT2D eigenvalue weighted by atomic mass is 35.5. The minimum Gasteiger partial charge on any atom is -0.497 e. The Bertz CT molecular complexity index is 823. The van der Waals surface area contributed by atoms with Crippen LogP contribution >= 0.6 is 11.6 Å². The van der Waals surface area contributed by atoms with Crippen LogP contribution in [0.25, 0.3) is 0 Å². The maximum Gasteiger partial charge on any atom is 0.242 e. The molecule has 0 aliphatic heterocycles. The lowest BCUT2D eigenvalue weighted by Crippen LogP contribution is -2.49. The van der Waals surface area contributed by atoms with Crippen molar-refractivity contribution in [1.29, 1.82) is 0 Å². The van der Waals surface area contributed by atoms with Crippen molar-refractivity contribution in [3.05, 3.63) is 64.7 Å². The number of hydrogen-bond donors (Lipinski definition) is 1. The van der Waals surface area contributed by atoms with E-state index in [1.165, 1.54) is 0 Å². The molecule has 0 aliphatic rings. The fourth-order valence-electron chi connectivity index (χ4n) is 2.90. The number of ether oxygens (including phenoxy) is 1. The van der Waals surface area contributed by atoms with Crippen LogP contribution in [-0.2, 0) is 22.6 Å². The largest absolute Gasteiger partial charge is 0.497 e. The summed E-state index contributed by atoms with van der Waals surface area (Å²) in [6.07, 6.45) is 1.03. The first-order valence-corrected chi connectivity index (χ1v) is 10.2. The van der Waals surface area contributed by atoms with Gasteiger partial charge in [0.05, 0.1) is 13.5 Å². The summed E-state index contributed by atoms with van der Waals surface area (Å²) >= 11 is 6.10. The Kier molecular flexibility index (Phi) is 8.52. The summed E-state index contributed by atoms with van der Waals surface area (Å²) in [5, 5.41) is 3.56. The van der Waals surface area contributed by atoms with E-state index in [1.807, 2.05) is 56.3 Å². The van der Waals surface area contributed by atoms with Crippen LogP contribution in [0.5, 0.6) is 5.75 Å². The zero-order chi connectivity index (χ0) is 21.4. The van der Waals surface area contributed by atoms with Gasteiger partial charge in [0.1, 0.15) is 11.8 Å². The van der Waals surface area contributed by atoms with Crippen molar-refractivity contribution in [2.24, 2.45) is 0 Å². The number of carbonyl (C=O) groups excluding carboxylic acids is 2. The lowest BCUT2D eigenvalue weighted by molar-refractivity contribution is -0.140. The molecule has 2 aromatic carbocycles. The molecule has 2 rings (SSSR count). The van der Waals surface area contributed by atoms with Gasteiger partial charge in [0, 0.05) is 17.6 Å². The lowest BCUT2D eigenvalue weighted by Gasteiger charge is -2.30. The van der Waals surface area contributed by atoms with Crippen molar-refractivity contribution >= 4 is 23.4 Å². The molecule has 0 spiro atoms. The van der Waals surface area contributed by atoms with Crippen LogP contribution in [-0.4, -0.2) is 35.9 Å². The number of methoxy groups -OCH3 is 1. The molecule has 2 atom stereocenters. The van der Waals surface area contributed by atoms with E-state index in [0.717, 1.165) is 23.3 Å². The Morgan fingerprint density at radius 3 is 2.38 bits per heavy atom. The number of nitrogens with one attached hydrogen (secondary N) is 1. The number of nitrogens with zero attached hydrogens (tertiary/aromatic N) is 1. The molecule has 5 nitrogen and oxygen atoms in total. The van der Waals surface area contributed by atoms with Crippen molar-refractivity contribution in [3.63, 3.8) is 0 Å². The standard InChI is InChI=1S/C23H29ClN2O3/c1-5-16(2)25-23(28)17(3)26(15-19-7-6-8-20(24)13-19)22(27)14-18-9-11-21(29-4)12-10-18/h6-13,16-17H,5,14-15H2,1-4H3,(H,25,28)/t16-,17+/m0/s1. The molecule has 0 aromatic heterocycles. The van der Waals surface area contributed by atoms with Crippen molar-refractivity contribution in [2.45, 2.75) is 52.2 Å². The van der Waals surface area contributed by atoms with Crippen molar-refractivity contribution < 1.29 is 14.3 Å². The fraction of sp³-hybridized carbons (Fsp3) is 0.391. The maximum absolute atomic E-state index is 13.1. The van der Waals surface area contributed by atoms with Crippen LogP contribution in [0.4, 0.5) is 0 Å². The number of halogens is 1. The predicted octanol–water partition coefficient (Wildman–Crippen LogP) is 4.22. The van der Waals surface area contributed by atoms with Crippen molar-refractivity contribution in [2.75, 3.05) is 7.11 Å². The van der Waals surface area contributed by atoms with E-state index < -0.39 is 6.04 Å². The van der Waals surface area contributed by atoms with Crippen LogP contribution < -0.4 is 10.1 Å². The quantitative estimate of drug-likeness (QED) is 0.665. The van der Waals surface area contributed by atoms with Crippen molar-refractivity contribution in [3.8, 4) is 5.75 Å². The number of carbonyl (C=O) groups is 2. The van der Waals surface area contributed by atoms with Gasteiger partial charge in [-0.1, -0.05) is 42.8 Å². The first-order chi connectivity index (χ1) is 13.8. The second kappa shape index (κ2) is 10.9. The summed E-state index contributed by atoms with van der Waals surface area (Å²) in [6, 6.07) is 14.2. The number of amides is 2. The Balaban J connectivity index is 2.21. The molecule has 0 unspecified atom stereocenters. The third-order valence-electron chi connectivity index (χ3n) is 4.92. The average Bonchev–Trinajstić information content (AvgIpc) is 2.71. The van der Waals surface area contributed by atoms with Gasteiger partial charge >= 0.3 is 0 Å². The minimum absolute atomic E-state index is 0.0506. The monoisotopic (exact) mass is 416 g/mol. The van der Waals surface area contributed by atoms with Gasteiger partial charge in [-0.3, -0.25) is 9.59 Å². The van der Waals surface area contributed by atoms with Crippen LogP contribution in [0.3, 0.4) is 0 Å². The lowest BCUT2D eigenvalue weighted by atomic mass is 10.1. The van der Waals surface area contributed by atoms with E-state index in [2.05, 4.69) is 5.32 Å². The molecule has 0 aliphatic carbocycles. The zero-order valence-electron chi connectivity index (χ0n) is 17.4. The predicted molar refractivity (Wildman–Crippen MR) is 116 cm³/mol.